The Hall–Kier alpha value is -1.22. The van der Waals surface area contributed by atoms with Crippen molar-refractivity contribution in [2.24, 2.45) is 11.8 Å². The van der Waals surface area contributed by atoms with Gasteiger partial charge in [-0.3, -0.25) is 0 Å². The van der Waals surface area contributed by atoms with Gasteiger partial charge < -0.3 is 15.1 Å². The van der Waals surface area contributed by atoms with Gasteiger partial charge in [-0.1, -0.05) is 39.8 Å². The maximum atomic E-state index is 3.55. The SMILES string of the molecule is CC(C)CC(C)C.CN1CCN2c3c(cccc31)C1CNCCC12. The monoisotopic (exact) mass is 329 g/mol. The summed E-state index contributed by atoms with van der Waals surface area (Å²) >= 11 is 0. The molecule has 1 fully saturated rings. The quantitative estimate of drug-likeness (QED) is 0.881. The Bertz CT molecular complexity index is 546. The first-order valence-electron chi connectivity index (χ1n) is 9.80. The first-order valence-corrected chi connectivity index (χ1v) is 9.80. The van der Waals surface area contributed by atoms with Crippen LogP contribution in [0.5, 0.6) is 0 Å². The van der Waals surface area contributed by atoms with Gasteiger partial charge in [0.25, 0.3) is 0 Å². The number of piperidine rings is 1. The number of rotatable bonds is 2. The van der Waals surface area contributed by atoms with E-state index in [0.717, 1.165) is 31.0 Å². The lowest BCUT2D eigenvalue weighted by Gasteiger charge is -2.39. The molecule has 0 radical (unpaired) electrons. The second kappa shape index (κ2) is 7.35. The molecule has 0 aliphatic carbocycles. The molecular weight excluding hydrogens is 294 g/mol. The standard InChI is InChI=1S/C14H19N3.C7H16/c1-16-7-8-17-12-5-6-15-9-11(12)10-3-2-4-13(16)14(10)17;1-6(2)5-7(3)4/h2-4,11-12,15H,5-9H2,1H3;6-7H,5H2,1-4H3. The third kappa shape index (κ3) is 3.42. The van der Waals surface area contributed by atoms with Gasteiger partial charge in [0.2, 0.25) is 0 Å². The van der Waals surface area contributed by atoms with Crippen molar-refractivity contribution in [3.8, 4) is 0 Å². The normalized spacial score (nSPS) is 24.6. The lowest BCUT2D eigenvalue weighted by molar-refractivity contribution is 0.402. The third-order valence-corrected chi connectivity index (χ3v) is 5.61. The van der Waals surface area contributed by atoms with Gasteiger partial charge in [-0.15, -0.1) is 0 Å². The molecule has 1 N–H and O–H groups in total. The molecule has 3 nitrogen and oxygen atoms in total. The molecule has 0 spiro atoms. The molecule has 3 heterocycles. The highest BCUT2D eigenvalue weighted by molar-refractivity contribution is 5.80. The first-order chi connectivity index (χ1) is 11.5. The van der Waals surface area contributed by atoms with Crippen molar-refractivity contribution in [1.29, 1.82) is 0 Å². The minimum absolute atomic E-state index is 0.713. The minimum atomic E-state index is 0.713. The van der Waals surface area contributed by atoms with Crippen LogP contribution in [-0.2, 0) is 0 Å². The van der Waals surface area contributed by atoms with Gasteiger partial charge >= 0.3 is 0 Å². The zero-order valence-electron chi connectivity index (χ0n) is 16.2. The van der Waals surface area contributed by atoms with Crippen LogP contribution >= 0.6 is 0 Å². The van der Waals surface area contributed by atoms with Crippen molar-refractivity contribution >= 4 is 11.4 Å². The van der Waals surface area contributed by atoms with Crippen LogP contribution in [0.4, 0.5) is 11.4 Å². The number of nitrogens with zero attached hydrogens (tertiary/aromatic N) is 2. The van der Waals surface area contributed by atoms with Crippen LogP contribution in [0.25, 0.3) is 0 Å². The van der Waals surface area contributed by atoms with Gasteiger partial charge in [0.1, 0.15) is 0 Å². The zero-order valence-corrected chi connectivity index (χ0v) is 16.2. The average Bonchev–Trinajstić information content (AvgIpc) is 2.86. The fourth-order valence-electron chi connectivity index (χ4n) is 4.77. The molecule has 24 heavy (non-hydrogen) atoms. The highest BCUT2D eigenvalue weighted by Gasteiger charge is 2.42. The number of likely N-dealkylation sites (N-methyl/N-ethyl adjacent to an activating group) is 1. The van der Waals surface area contributed by atoms with Crippen molar-refractivity contribution in [1.82, 2.24) is 5.32 Å². The van der Waals surface area contributed by atoms with E-state index in [1.54, 1.807) is 5.56 Å². The van der Waals surface area contributed by atoms with E-state index in [9.17, 15) is 0 Å². The van der Waals surface area contributed by atoms with E-state index < -0.39 is 0 Å². The molecule has 3 aliphatic heterocycles. The van der Waals surface area contributed by atoms with Crippen molar-refractivity contribution < 1.29 is 0 Å². The molecule has 2 atom stereocenters. The Kier molecular flexibility index (Phi) is 5.39. The second-order valence-corrected chi connectivity index (χ2v) is 8.52. The van der Waals surface area contributed by atoms with Crippen molar-refractivity contribution in [3.05, 3.63) is 23.8 Å². The maximum absolute atomic E-state index is 3.55. The molecular formula is C21H35N3. The maximum Gasteiger partial charge on any atom is 0.0644 e. The molecule has 4 rings (SSSR count). The van der Waals surface area contributed by atoms with E-state index in [4.69, 9.17) is 0 Å². The molecule has 0 bridgehead atoms. The fraction of sp³-hybridized carbons (Fsp3) is 0.714. The number of hydrogen-bond donors (Lipinski definition) is 1. The Balaban J connectivity index is 0.000000209. The summed E-state index contributed by atoms with van der Waals surface area (Å²) in [4.78, 5) is 5.08. The summed E-state index contributed by atoms with van der Waals surface area (Å²) in [5, 5.41) is 3.55. The number of anilines is 2. The Labute approximate surface area is 148 Å². The molecule has 2 unspecified atom stereocenters. The van der Waals surface area contributed by atoms with E-state index in [1.165, 1.54) is 37.3 Å². The summed E-state index contributed by atoms with van der Waals surface area (Å²) in [5.41, 5.74) is 4.54. The summed E-state index contributed by atoms with van der Waals surface area (Å²) in [6.07, 6.45) is 2.66. The molecule has 0 amide bonds. The lowest BCUT2D eigenvalue weighted by Crippen LogP contribution is -2.48. The van der Waals surface area contributed by atoms with Crippen LogP contribution in [0.2, 0.25) is 0 Å². The van der Waals surface area contributed by atoms with Gasteiger partial charge in [-0.05, 0) is 42.9 Å². The van der Waals surface area contributed by atoms with Gasteiger partial charge in [0.15, 0.2) is 0 Å². The molecule has 1 aromatic carbocycles. The average molecular weight is 330 g/mol. The highest BCUT2D eigenvalue weighted by atomic mass is 15.3. The second-order valence-electron chi connectivity index (χ2n) is 8.52. The lowest BCUT2D eigenvalue weighted by atomic mass is 9.90. The molecule has 1 saturated heterocycles. The first kappa shape index (κ1) is 17.6. The predicted molar refractivity (Wildman–Crippen MR) is 105 cm³/mol. The predicted octanol–water partition coefficient (Wildman–Crippen LogP) is 4.09. The van der Waals surface area contributed by atoms with Gasteiger partial charge in [-0.25, -0.2) is 0 Å². The summed E-state index contributed by atoms with van der Waals surface area (Å²) in [6.45, 7) is 13.7. The smallest absolute Gasteiger partial charge is 0.0644 e. The number of benzene rings is 1. The Morgan fingerprint density at radius 1 is 1.12 bits per heavy atom. The van der Waals surface area contributed by atoms with Crippen LogP contribution in [0, 0.1) is 11.8 Å². The largest absolute Gasteiger partial charge is 0.371 e. The van der Waals surface area contributed by atoms with E-state index in [1.807, 2.05) is 0 Å². The van der Waals surface area contributed by atoms with Crippen molar-refractivity contribution in [3.63, 3.8) is 0 Å². The van der Waals surface area contributed by atoms with Crippen LogP contribution in [0.3, 0.4) is 0 Å². The minimum Gasteiger partial charge on any atom is -0.371 e. The molecule has 0 aromatic heterocycles. The number of nitrogens with one attached hydrogen (secondary N) is 1. The van der Waals surface area contributed by atoms with Crippen molar-refractivity contribution in [2.75, 3.05) is 43.0 Å². The highest BCUT2D eigenvalue weighted by Crippen LogP contribution is 2.49. The zero-order chi connectivity index (χ0) is 17.3. The van der Waals surface area contributed by atoms with Crippen LogP contribution in [0.15, 0.2) is 18.2 Å². The van der Waals surface area contributed by atoms with Crippen molar-refractivity contribution in [2.45, 2.75) is 52.5 Å². The summed E-state index contributed by atoms with van der Waals surface area (Å²) in [5.74, 6) is 2.46. The Morgan fingerprint density at radius 3 is 2.54 bits per heavy atom. The Morgan fingerprint density at radius 2 is 1.88 bits per heavy atom. The number of hydrogen-bond acceptors (Lipinski definition) is 3. The van der Waals surface area contributed by atoms with Crippen LogP contribution in [0.1, 0.15) is 52.0 Å². The topological polar surface area (TPSA) is 18.5 Å². The molecule has 3 aliphatic rings. The molecule has 3 heteroatoms. The molecule has 1 aromatic rings. The third-order valence-electron chi connectivity index (χ3n) is 5.61. The molecule has 134 valence electrons. The molecule has 0 saturated carbocycles. The van der Waals surface area contributed by atoms with Crippen LogP contribution in [-0.4, -0.2) is 39.3 Å². The summed E-state index contributed by atoms with van der Waals surface area (Å²) in [7, 11) is 2.22. The number of fused-ring (bicyclic) bond motifs is 3. The van der Waals surface area contributed by atoms with Gasteiger partial charge in [0.05, 0.1) is 11.4 Å². The van der Waals surface area contributed by atoms with E-state index in [-0.39, 0.29) is 0 Å². The van der Waals surface area contributed by atoms with E-state index in [2.05, 4.69) is 68.1 Å². The van der Waals surface area contributed by atoms with E-state index in [0.29, 0.717) is 5.92 Å². The van der Waals surface area contributed by atoms with Crippen LogP contribution < -0.4 is 15.1 Å². The number of para-hydroxylation sites is 1. The van der Waals surface area contributed by atoms with Gasteiger partial charge in [0, 0.05) is 38.6 Å². The van der Waals surface area contributed by atoms with E-state index >= 15 is 0 Å². The summed E-state index contributed by atoms with van der Waals surface area (Å²) in [6, 6.07) is 7.59. The van der Waals surface area contributed by atoms with Gasteiger partial charge in [-0.2, -0.15) is 0 Å². The summed E-state index contributed by atoms with van der Waals surface area (Å²) < 4.78 is 0. The fourth-order valence-corrected chi connectivity index (χ4v) is 4.77.